The van der Waals surface area contributed by atoms with Crippen LogP contribution in [-0.4, -0.2) is 31.9 Å². The van der Waals surface area contributed by atoms with Crippen molar-refractivity contribution in [3.05, 3.63) is 48.0 Å². The highest BCUT2D eigenvalue weighted by Crippen LogP contribution is 2.07. The van der Waals surface area contributed by atoms with E-state index in [9.17, 15) is 9.59 Å². The SMILES string of the molecule is O=C(O)c1cccnc1C(=O)Nc1ncccn1. The summed E-state index contributed by atoms with van der Waals surface area (Å²) >= 11 is 0. The van der Waals surface area contributed by atoms with Crippen LogP contribution in [0.2, 0.25) is 0 Å². The minimum Gasteiger partial charge on any atom is -0.478 e. The topological polar surface area (TPSA) is 105 Å². The number of hydrogen-bond donors (Lipinski definition) is 2. The Labute approximate surface area is 102 Å². The van der Waals surface area contributed by atoms with Crippen LogP contribution in [0.15, 0.2) is 36.8 Å². The molecular weight excluding hydrogens is 236 g/mol. The molecule has 18 heavy (non-hydrogen) atoms. The lowest BCUT2D eigenvalue weighted by molar-refractivity contribution is 0.0691. The third-order valence-electron chi connectivity index (χ3n) is 2.04. The van der Waals surface area contributed by atoms with Gasteiger partial charge >= 0.3 is 5.97 Å². The smallest absolute Gasteiger partial charge is 0.338 e. The van der Waals surface area contributed by atoms with Crippen LogP contribution in [0.3, 0.4) is 0 Å². The summed E-state index contributed by atoms with van der Waals surface area (Å²) in [6, 6.07) is 4.34. The lowest BCUT2D eigenvalue weighted by Gasteiger charge is -2.04. The van der Waals surface area contributed by atoms with Crippen molar-refractivity contribution in [3.8, 4) is 0 Å². The molecule has 0 saturated heterocycles. The summed E-state index contributed by atoms with van der Waals surface area (Å²) in [4.78, 5) is 34.1. The molecule has 0 bridgehead atoms. The summed E-state index contributed by atoms with van der Waals surface area (Å²) in [5.41, 5.74) is -0.358. The third-order valence-corrected chi connectivity index (χ3v) is 2.04. The number of nitrogens with one attached hydrogen (secondary N) is 1. The number of amides is 1. The number of aromatic carboxylic acids is 1. The summed E-state index contributed by atoms with van der Waals surface area (Å²) < 4.78 is 0. The Kier molecular flexibility index (Phi) is 3.24. The number of aromatic nitrogens is 3. The molecule has 1 amide bonds. The lowest BCUT2D eigenvalue weighted by Crippen LogP contribution is -2.19. The molecule has 0 radical (unpaired) electrons. The van der Waals surface area contributed by atoms with E-state index in [0.29, 0.717) is 0 Å². The highest BCUT2D eigenvalue weighted by atomic mass is 16.4. The minimum atomic E-state index is -1.22. The molecule has 7 nitrogen and oxygen atoms in total. The highest BCUT2D eigenvalue weighted by Gasteiger charge is 2.18. The van der Waals surface area contributed by atoms with Gasteiger partial charge in [0.15, 0.2) is 0 Å². The zero-order valence-electron chi connectivity index (χ0n) is 9.07. The molecule has 0 aliphatic rings. The van der Waals surface area contributed by atoms with Crippen LogP contribution < -0.4 is 5.32 Å². The van der Waals surface area contributed by atoms with Crippen molar-refractivity contribution in [2.24, 2.45) is 0 Å². The number of carbonyl (C=O) groups excluding carboxylic acids is 1. The van der Waals surface area contributed by atoms with Crippen LogP contribution in [0, 0.1) is 0 Å². The van der Waals surface area contributed by atoms with Gasteiger partial charge in [-0.15, -0.1) is 0 Å². The van der Waals surface area contributed by atoms with Crippen molar-refractivity contribution < 1.29 is 14.7 Å². The second-order valence-electron chi connectivity index (χ2n) is 3.23. The van der Waals surface area contributed by atoms with Crippen LogP contribution in [0.25, 0.3) is 0 Å². The maximum Gasteiger partial charge on any atom is 0.338 e. The van der Waals surface area contributed by atoms with E-state index in [-0.39, 0.29) is 17.2 Å². The van der Waals surface area contributed by atoms with Crippen LogP contribution in [0.4, 0.5) is 5.95 Å². The van der Waals surface area contributed by atoms with Gasteiger partial charge in [0.25, 0.3) is 5.91 Å². The lowest BCUT2D eigenvalue weighted by atomic mass is 10.2. The standard InChI is InChI=1S/C11H8N4O3/c16-9(15-11-13-5-2-6-14-11)8-7(10(17)18)3-1-4-12-8/h1-6H,(H,17,18)(H,13,14,15,16). The van der Waals surface area contributed by atoms with Gasteiger partial charge in [0.05, 0.1) is 5.56 Å². The Morgan fingerprint density at radius 2 is 1.72 bits per heavy atom. The van der Waals surface area contributed by atoms with Gasteiger partial charge in [0, 0.05) is 18.6 Å². The predicted molar refractivity (Wildman–Crippen MR) is 61.2 cm³/mol. The zero-order chi connectivity index (χ0) is 13.0. The van der Waals surface area contributed by atoms with Crippen LogP contribution in [0.1, 0.15) is 20.8 Å². The van der Waals surface area contributed by atoms with E-state index in [1.165, 1.54) is 30.7 Å². The van der Waals surface area contributed by atoms with Crippen LogP contribution >= 0.6 is 0 Å². The van der Waals surface area contributed by atoms with Gasteiger partial charge in [0.2, 0.25) is 5.95 Å². The fourth-order valence-electron chi connectivity index (χ4n) is 1.28. The maximum atomic E-state index is 11.8. The molecule has 2 heterocycles. The van der Waals surface area contributed by atoms with Gasteiger partial charge in [-0.25, -0.2) is 14.8 Å². The first kappa shape index (κ1) is 11.6. The van der Waals surface area contributed by atoms with E-state index in [1.54, 1.807) is 6.07 Å². The number of carbonyl (C=O) groups is 2. The molecule has 0 spiro atoms. The molecule has 2 N–H and O–H groups in total. The third kappa shape index (κ3) is 2.46. The van der Waals surface area contributed by atoms with Gasteiger partial charge in [-0.1, -0.05) is 0 Å². The van der Waals surface area contributed by atoms with Crippen molar-refractivity contribution in [2.45, 2.75) is 0 Å². The van der Waals surface area contributed by atoms with Crippen LogP contribution in [0.5, 0.6) is 0 Å². The quantitative estimate of drug-likeness (QED) is 0.828. The second-order valence-corrected chi connectivity index (χ2v) is 3.23. The molecule has 0 saturated carbocycles. The number of rotatable bonds is 3. The minimum absolute atomic E-state index is 0.0875. The van der Waals surface area contributed by atoms with Crippen molar-refractivity contribution in [3.63, 3.8) is 0 Å². The van der Waals surface area contributed by atoms with Crippen molar-refractivity contribution in [1.29, 1.82) is 0 Å². The average Bonchev–Trinajstić information content (AvgIpc) is 2.40. The molecular formula is C11H8N4O3. The molecule has 2 rings (SSSR count). The number of carboxylic acids is 1. The van der Waals surface area contributed by atoms with Gasteiger partial charge < -0.3 is 5.11 Å². The maximum absolute atomic E-state index is 11.8. The normalized spacial score (nSPS) is 9.78. The zero-order valence-corrected chi connectivity index (χ0v) is 9.07. The van der Waals surface area contributed by atoms with Crippen molar-refractivity contribution in [2.75, 3.05) is 5.32 Å². The van der Waals surface area contributed by atoms with E-state index in [2.05, 4.69) is 20.3 Å². The largest absolute Gasteiger partial charge is 0.478 e. The Morgan fingerprint density at radius 1 is 1.06 bits per heavy atom. The second kappa shape index (κ2) is 5.00. The number of pyridine rings is 1. The molecule has 2 aromatic rings. The highest BCUT2D eigenvalue weighted by molar-refractivity contribution is 6.08. The van der Waals surface area contributed by atoms with E-state index < -0.39 is 11.9 Å². The molecule has 0 fully saturated rings. The Bertz CT molecular complexity index is 586. The summed E-state index contributed by atoms with van der Waals surface area (Å²) in [7, 11) is 0. The van der Waals surface area contributed by atoms with Crippen molar-refractivity contribution in [1.82, 2.24) is 15.0 Å². The van der Waals surface area contributed by atoms with Gasteiger partial charge in [-0.05, 0) is 18.2 Å². The Balaban J connectivity index is 2.27. The summed E-state index contributed by atoms with van der Waals surface area (Å²) in [6.07, 6.45) is 4.26. The molecule has 0 aromatic carbocycles. The number of nitrogens with zero attached hydrogens (tertiary/aromatic N) is 3. The first-order chi connectivity index (χ1) is 8.68. The van der Waals surface area contributed by atoms with E-state index in [1.807, 2.05) is 0 Å². The molecule has 0 unspecified atom stereocenters. The van der Waals surface area contributed by atoms with Crippen LogP contribution in [-0.2, 0) is 0 Å². The van der Waals surface area contributed by atoms with E-state index >= 15 is 0 Å². The van der Waals surface area contributed by atoms with E-state index in [4.69, 9.17) is 5.11 Å². The number of carboxylic acid groups (broad SMARTS) is 1. The fraction of sp³-hybridized carbons (Fsp3) is 0. The number of anilines is 1. The predicted octanol–water partition coefficient (Wildman–Crippen LogP) is 0.822. The average molecular weight is 244 g/mol. The molecule has 0 atom stereocenters. The monoisotopic (exact) mass is 244 g/mol. The molecule has 0 aliphatic carbocycles. The van der Waals surface area contributed by atoms with Gasteiger partial charge in [-0.2, -0.15) is 0 Å². The summed E-state index contributed by atoms with van der Waals surface area (Å²) in [5.74, 6) is -1.80. The summed E-state index contributed by atoms with van der Waals surface area (Å²) in [5, 5.41) is 11.3. The molecule has 2 aromatic heterocycles. The van der Waals surface area contributed by atoms with Gasteiger partial charge in [-0.3, -0.25) is 15.1 Å². The summed E-state index contributed by atoms with van der Waals surface area (Å²) in [6.45, 7) is 0. The molecule has 90 valence electrons. The van der Waals surface area contributed by atoms with Crippen molar-refractivity contribution >= 4 is 17.8 Å². The first-order valence-electron chi connectivity index (χ1n) is 4.95. The fourth-order valence-corrected chi connectivity index (χ4v) is 1.28. The van der Waals surface area contributed by atoms with Gasteiger partial charge in [0.1, 0.15) is 5.69 Å². The Hall–Kier alpha value is -2.83. The molecule has 0 aliphatic heterocycles. The number of hydrogen-bond acceptors (Lipinski definition) is 5. The Morgan fingerprint density at radius 3 is 2.39 bits per heavy atom. The molecule has 7 heteroatoms. The first-order valence-corrected chi connectivity index (χ1v) is 4.95. The van der Waals surface area contributed by atoms with E-state index in [0.717, 1.165) is 0 Å².